The van der Waals surface area contributed by atoms with E-state index < -0.39 is 0 Å². The topological polar surface area (TPSA) is 56.8 Å². The lowest BCUT2D eigenvalue weighted by Crippen LogP contribution is -2.10. The first-order chi connectivity index (χ1) is 30.2. The summed E-state index contributed by atoms with van der Waals surface area (Å²) in [5, 5.41) is 0. The van der Waals surface area contributed by atoms with E-state index >= 15 is 0 Å². The highest BCUT2D eigenvalue weighted by atomic mass is 14.8. The number of H-pyrrole nitrogens is 2. The van der Waals surface area contributed by atoms with Crippen LogP contribution in [0, 0.1) is 0 Å². The van der Waals surface area contributed by atoms with Crippen molar-refractivity contribution in [2.45, 2.75) is 105 Å². The average molecular weight is 839 g/mol. The third kappa shape index (κ3) is 8.23. The Hall–Kier alpha value is -6.52. The summed E-state index contributed by atoms with van der Waals surface area (Å²) in [4.78, 5) is 18.7. The smallest absolute Gasteiger partial charge is 0.0737 e. The Bertz CT molecular complexity index is 2700. The molecule has 7 aromatic rings. The summed E-state index contributed by atoms with van der Waals surface area (Å²) >= 11 is 0. The molecule has 2 aliphatic heterocycles. The number of aromatic amines is 2. The number of aliphatic imine (C=N–C) groups is 1. The van der Waals surface area contributed by atoms with E-state index in [4.69, 9.17) is 9.98 Å². The minimum atomic E-state index is 0.0290. The third-order valence-electron chi connectivity index (χ3n) is 12.9. The van der Waals surface area contributed by atoms with Crippen LogP contribution in [-0.4, -0.2) is 21.2 Å². The van der Waals surface area contributed by atoms with Crippen molar-refractivity contribution in [1.82, 2.24) is 15.0 Å². The van der Waals surface area contributed by atoms with Gasteiger partial charge in [0.2, 0.25) is 0 Å². The molecule has 0 amide bonds. The lowest BCUT2D eigenvalue weighted by molar-refractivity contribution is 0.590. The molecule has 0 spiro atoms. The van der Waals surface area contributed by atoms with Crippen LogP contribution in [0.5, 0.6) is 0 Å². The van der Waals surface area contributed by atoms with Crippen LogP contribution in [0.2, 0.25) is 0 Å². The van der Waals surface area contributed by atoms with Crippen LogP contribution in [0.4, 0.5) is 5.69 Å². The molecule has 4 heteroatoms. The molecule has 0 saturated heterocycles. The Balaban J connectivity index is 1.42. The van der Waals surface area contributed by atoms with Crippen molar-refractivity contribution < 1.29 is 0 Å². The number of nitrogens with one attached hydrogen (secondary N) is 2. The minimum absolute atomic E-state index is 0.0290. The first kappa shape index (κ1) is 42.8. The fourth-order valence-corrected chi connectivity index (χ4v) is 9.00. The van der Waals surface area contributed by atoms with Gasteiger partial charge in [0.05, 0.1) is 17.1 Å². The maximum absolute atomic E-state index is 5.56. The van der Waals surface area contributed by atoms with Gasteiger partial charge in [-0.05, 0) is 109 Å². The standard InChI is InChI=1S/C60H62N4/c1-57(2,3)42-21-13-37(14-22-42)53-41-35-52(61-36-41)56(40-19-27-45(28-20-40)60(10,11)12)51-34-33-50(64-51)55(39-17-25-44(26-18-39)59(7,8)9)49-32-31-48(63-49)54(47-30-29-46(53)62-47)38-15-23-43(24-16-38)58(4,5)6/h13-36,62,64H,1-12H3. The van der Waals surface area contributed by atoms with Crippen molar-refractivity contribution in [3.63, 3.8) is 0 Å². The molecule has 2 N–H and O–H groups in total. The Kier molecular flexibility index (Phi) is 10.4. The first-order valence-corrected chi connectivity index (χ1v) is 22.8. The van der Waals surface area contributed by atoms with Crippen LogP contribution in [0.15, 0.2) is 132 Å². The normalized spacial score (nSPS) is 13.2. The number of hydrogen-bond donors (Lipinski definition) is 2. The number of fused-ring (bicyclic) bond motifs is 8. The zero-order valence-corrected chi connectivity index (χ0v) is 39.8. The predicted molar refractivity (Wildman–Crippen MR) is 276 cm³/mol. The number of aromatic nitrogens is 3. The monoisotopic (exact) mass is 838 g/mol. The van der Waals surface area contributed by atoms with Crippen molar-refractivity contribution in [2.24, 2.45) is 4.99 Å². The van der Waals surface area contributed by atoms with Crippen LogP contribution in [-0.2, 0) is 21.7 Å². The van der Waals surface area contributed by atoms with Gasteiger partial charge in [-0.25, -0.2) is 4.98 Å². The van der Waals surface area contributed by atoms with Crippen molar-refractivity contribution in [2.75, 3.05) is 0 Å². The zero-order chi connectivity index (χ0) is 45.3. The molecule has 5 heterocycles. The van der Waals surface area contributed by atoms with Crippen molar-refractivity contribution in [3.05, 3.63) is 167 Å². The Morgan fingerprint density at radius 2 is 0.641 bits per heavy atom. The summed E-state index contributed by atoms with van der Waals surface area (Å²) in [7, 11) is 0. The second kappa shape index (κ2) is 15.6. The van der Waals surface area contributed by atoms with Gasteiger partial charge < -0.3 is 9.97 Å². The molecule has 9 rings (SSSR count). The van der Waals surface area contributed by atoms with E-state index in [0.717, 1.165) is 89.2 Å². The lowest BCUT2D eigenvalue weighted by atomic mass is 9.86. The van der Waals surface area contributed by atoms with Gasteiger partial charge in [0.25, 0.3) is 0 Å². The van der Waals surface area contributed by atoms with Gasteiger partial charge in [-0.3, -0.25) is 4.99 Å². The van der Waals surface area contributed by atoms with E-state index in [9.17, 15) is 0 Å². The maximum atomic E-state index is 5.56. The van der Waals surface area contributed by atoms with Gasteiger partial charge in [0.1, 0.15) is 0 Å². The predicted octanol–water partition coefficient (Wildman–Crippen LogP) is 16.7. The van der Waals surface area contributed by atoms with E-state index in [1.807, 2.05) is 6.21 Å². The molecular weight excluding hydrogens is 777 g/mol. The highest BCUT2D eigenvalue weighted by Gasteiger charge is 2.22. The summed E-state index contributed by atoms with van der Waals surface area (Å²) in [6, 6.07) is 47.3. The summed E-state index contributed by atoms with van der Waals surface area (Å²) in [5.41, 5.74) is 21.8. The van der Waals surface area contributed by atoms with Crippen LogP contribution in [0.1, 0.15) is 122 Å². The number of benzene rings is 4. The Morgan fingerprint density at radius 1 is 0.344 bits per heavy atom. The molecule has 0 unspecified atom stereocenters. The second-order valence-electron chi connectivity index (χ2n) is 21.8. The van der Waals surface area contributed by atoms with Crippen molar-refractivity contribution in [3.8, 4) is 44.5 Å². The minimum Gasteiger partial charge on any atom is -0.354 e. The molecule has 4 nitrogen and oxygen atoms in total. The highest BCUT2D eigenvalue weighted by molar-refractivity contribution is 6.05. The lowest BCUT2D eigenvalue weighted by Gasteiger charge is -2.19. The zero-order valence-electron chi connectivity index (χ0n) is 39.8. The number of rotatable bonds is 4. The molecule has 322 valence electrons. The summed E-state index contributed by atoms with van der Waals surface area (Å²) in [5.74, 6) is 0. The van der Waals surface area contributed by atoms with Gasteiger partial charge >= 0.3 is 0 Å². The van der Waals surface area contributed by atoms with Crippen LogP contribution in [0.25, 0.3) is 78.7 Å². The van der Waals surface area contributed by atoms with E-state index in [-0.39, 0.29) is 21.7 Å². The third-order valence-corrected chi connectivity index (χ3v) is 12.9. The molecule has 0 atom stereocenters. The van der Waals surface area contributed by atoms with E-state index in [0.29, 0.717) is 0 Å². The van der Waals surface area contributed by atoms with Gasteiger partial charge in [0.15, 0.2) is 0 Å². The molecule has 8 bridgehead atoms. The largest absolute Gasteiger partial charge is 0.354 e. The van der Waals surface area contributed by atoms with Crippen LogP contribution in [0.3, 0.4) is 0 Å². The molecule has 64 heavy (non-hydrogen) atoms. The molecule has 0 radical (unpaired) electrons. The molecule has 2 aliphatic rings. The quantitative estimate of drug-likeness (QED) is 0.182. The molecule has 4 aromatic carbocycles. The molecule has 3 aromatic heterocycles. The van der Waals surface area contributed by atoms with E-state index in [1.54, 1.807) is 0 Å². The molecule has 0 aliphatic carbocycles. The van der Waals surface area contributed by atoms with Gasteiger partial charge in [-0.2, -0.15) is 0 Å². The van der Waals surface area contributed by atoms with Crippen LogP contribution >= 0.6 is 0 Å². The van der Waals surface area contributed by atoms with Crippen LogP contribution < -0.4 is 0 Å². The average Bonchev–Trinajstić information content (AvgIpc) is 4.08. The molecule has 0 saturated carbocycles. The Morgan fingerprint density at radius 3 is 0.984 bits per heavy atom. The number of nitrogens with zero attached hydrogens (tertiary/aromatic N) is 2. The van der Waals surface area contributed by atoms with Crippen molar-refractivity contribution >= 4 is 46.1 Å². The van der Waals surface area contributed by atoms with E-state index in [2.05, 4.69) is 233 Å². The van der Waals surface area contributed by atoms with E-state index in [1.165, 1.54) is 22.3 Å². The maximum Gasteiger partial charge on any atom is 0.0737 e. The summed E-state index contributed by atoms with van der Waals surface area (Å²) in [6.07, 6.45) is 6.41. The van der Waals surface area contributed by atoms with Gasteiger partial charge in [-0.15, -0.1) is 0 Å². The second-order valence-corrected chi connectivity index (χ2v) is 21.8. The van der Waals surface area contributed by atoms with Gasteiger partial charge in [0, 0.05) is 56.1 Å². The summed E-state index contributed by atoms with van der Waals surface area (Å²) in [6.45, 7) is 27.2. The fourth-order valence-electron chi connectivity index (χ4n) is 9.00. The molecule has 0 fully saturated rings. The first-order valence-electron chi connectivity index (χ1n) is 22.8. The van der Waals surface area contributed by atoms with Gasteiger partial charge in [-0.1, -0.05) is 180 Å². The van der Waals surface area contributed by atoms with Crippen molar-refractivity contribution in [1.29, 1.82) is 0 Å². The fraction of sp³-hybridized carbons (Fsp3) is 0.267. The SMILES string of the molecule is CC(C)(C)c1ccc(-c2c3cc(c(-c4ccc(C(C)(C)C)cc4)c4ccc([nH]4)c(-c4ccc(C(C)(C)C)cc4)c4nc(c(-c5ccc(C(C)(C)C)cc5)c5ccc2[nH]5)C=C4)N=C3)cc1. The Labute approximate surface area is 380 Å². The molecular formula is C60H62N4. The summed E-state index contributed by atoms with van der Waals surface area (Å²) < 4.78 is 0. The number of hydrogen-bond acceptors (Lipinski definition) is 2. The highest BCUT2D eigenvalue weighted by Crippen LogP contribution is 2.42.